The highest BCUT2D eigenvalue weighted by atomic mass is 32.2. The molecule has 1 aromatic rings. The summed E-state index contributed by atoms with van der Waals surface area (Å²) in [5, 5.41) is 10.3. The molecule has 0 bridgehead atoms. The molecule has 0 radical (unpaired) electrons. The van der Waals surface area contributed by atoms with Gasteiger partial charge in [-0.3, -0.25) is 0 Å². The predicted molar refractivity (Wildman–Crippen MR) is 59.9 cm³/mol. The Balaban J connectivity index is 2.16. The van der Waals surface area contributed by atoms with E-state index in [0.29, 0.717) is 9.52 Å². The number of hydrogen-bond donors (Lipinski definition) is 1. The summed E-state index contributed by atoms with van der Waals surface area (Å²) in [6, 6.07) is 0. The predicted octanol–water partition coefficient (Wildman–Crippen LogP) is 2.01. The molecular weight excluding hydrogens is 216 g/mol. The van der Waals surface area contributed by atoms with Gasteiger partial charge in [0, 0.05) is 4.75 Å². The van der Waals surface area contributed by atoms with Gasteiger partial charge in [-0.05, 0) is 31.3 Å². The molecule has 14 heavy (non-hydrogen) atoms. The maximum absolute atomic E-state index is 5.07. The Hall–Kier alpha value is -0.360. The van der Waals surface area contributed by atoms with Crippen LogP contribution in [0.2, 0.25) is 0 Å². The number of hydrogen-bond acceptors (Lipinski definition) is 4. The quantitative estimate of drug-likeness (QED) is 0.807. The topological polar surface area (TPSA) is 46.5 Å². The molecule has 0 spiro atoms. The fourth-order valence-electron chi connectivity index (χ4n) is 2.05. The molecule has 1 N–H and O–H groups in total. The first kappa shape index (κ1) is 10.2. The van der Waals surface area contributed by atoms with Crippen LogP contribution in [0.3, 0.4) is 0 Å². The monoisotopic (exact) mass is 230 g/mol. The lowest BCUT2D eigenvalue weighted by atomic mass is 10.1. The Morgan fingerprint density at radius 2 is 2.29 bits per heavy atom. The van der Waals surface area contributed by atoms with Crippen molar-refractivity contribution in [3.8, 4) is 0 Å². The third kappa shape index (κ3) is 1.86. The van der Waals surface area contributed by atoms with E-state index >= 15 is 0 Å². The third-order valence-corrected chi connectivity index (χ3v) is 4.63. The average molecular weight is 230 g/mol. The molecule has 4 nitrogen and oxygen atoms in total. The molecule has 1 heterocycles. The van der Waals surface area contributed by atoms with Crippen LogP contribution in [0.1, 0.15) is 25.7 Å². The van der Waals surface area contributed by atoms with Crippen molar-refractivity contribution in [1.82, 2.24) is 20.2 Å². The van der Waals surface area contributed by atoms with E-state index in [9.17, 15) is 0 Å². The van der Waals surface area contributed by atoms with Gasteiger partial charge >= 0.3 is 0 Å². The Bertz CT molecular complexity index is 350. The van der Waals surface area contributed by atoms with Crippen molar-refractivity contribution < 1.29 is 0 Å². The first-order valence-electron chi connectivity index (χ1n) is 4.79. The fraction of sp³-hybridized carbons (Fsp3) is 0.875. The number of nitrogens with zero attached hydrogens (tertiary/aromatic N) is 3. The van der Waals surface area contributed by atoms with Crippen molar-refractivity contribution in [3.63, 3.8) is 0 Å². The lowest BCUT2D eigenvalue weighted by Gasteiger charge is -2.26. The lowest BCUT2D eigenvalue weighted by molar-refractivity contribution is 0.458. The zero-order valence-corrected chi connectivity index (χ0v) is 9.83. The van der Waals surface area contributed by atoms with E-state index in [1.54, 1.807) is 0 Å². The van der Waals surface area contributed by atoms with E-state index in [0.717, 1.165) is 6.54 Å². The molecule has 6 heteroatoms. The summed E-state index contributed by atoms with van der Waals surface area (Å²) in [5.74, 6) is 0. The van der Waals surface area contributed by atoms with Crippen LogP contribution in [-0.2, 0) is 6.54 Å². The maximum Gasteiger partial charge on any atom is 0.238 e. The summed E-state index contributed by atoms with van der Waals surface area (Å²) < 4.78 is 2.79. The summed E-state index contributed by atoms with van der Waals surface area (Å²) in [7, 11) is 0. The minimum atomic E-state index is 0.354. The Morgan fingerprint density at radius 3 is 2.79 bits per heavy atom. The molecular formula is C8H14N4S2. The van der Waals surface area contributed by atoms with Gasteiger partial charge in [0.1, 0.15) is 0 Å². The Morgan fingerprint density at radius 1 is 1.57 bits per heavy atom. The molecule has 0 saturated heterocycles. The smallest absolute Gasteiger partial charge is 0.238 e. The zero-order valence-electron chi connectivity index (χ0n) is 8.19. The van der Waals surface area contributed by atoms with Gasteiger partial charge < -0.3 is 0 Å². The summed E-state index contributed by atoms with van der Waals surface area (Å²) in [6.07, 6.45) is 7.38. The van der Waals surface area contributed by atoms with Crippen LogP contribution in [0.25, 0.3) is 0 Å². The normalized spacial score (nSPS) is 20.1. The van der Waals surface area contributed by atoms with E-state index < -0.39 is 0 Å². The molecule has 0 aliphatic heterocycles. The second-order valence-corrected chi connectivity index (χ2v) is 5.40. The lowest BCUT2D eigenvalue weighted by Crippen LogP contribution is -2.27. The van der Waals surface area contributed by atoms with Gasteiger partial charge in [0.05, 0.1) is 6.54 Å². The number of aromatic nitrogens is 4. The standard InChI is InChI=1S/C8H14N4S2/c1-14-8(4-2-3-5-8)6-12-7(13)9-10-11-12/h2-6H2,1H3,(H,9,11,13). The SMILES string of the molecule is CSC1(Cn2[nH]nnc2=S)CCCC1. The molecule has 1 fully saturated rings. The van der Waals surface area contributed by atoms with E-state index in [1.165, 1.54) is 25.7 Å². The van der Waals surface area contributed by atoms with Crippen LogP contribution in [0, 0.1) is 4.77 Å². The molecule has 0 aromatic carbocycles. The number of H-pyrrole nitrogens is 1. The van der Waals surface area contributed by atoms with Crippen molar-refractivity contribution in [2.24, 2.45) is 0 Å². The third-order valence-electron chi connectivity index (χ3n) is 2.93. The molecule has 78 valence electrons. The molecule has 1 aliphatic carbocycles. The Labute approximate surface area is 92.4 Å². The second kappa shape index (κ2) is 4.02. The van der Waals surface area contributed by atoms with Crippen LogP contribution in [0.15, 0.2) is 0 Å². The van der Waals surface area contributed by atoms with E-state index in [1.807, 2.05) is 16.4 Å². The van der Waals surface area contributed by atoms with Crippen molar-refractivity contribution >= 4 is 24.0 Å². The van der Waals surface area contributed by atoms with Crippen molar-refractivity contribution in [2.45, 2.75) is 37.0 Å². The number of rotatable bonds is 3. The molecule has 1 aromatic heterocycles. The van der Waals surface area contributed by atoms with Crippen LogP contribution >= 0.6 is 24.0 Å². The first-order chi connectivity index (χ1) is 6.76. The van der Waals surface area contributed by atoms with Crippen LogP contribution in [0.4, 0.5) is 0 Å². The van der Waals surface area contributed by atoms with Gasteiger partial charge in [0.2, 0.25) is 4.77 Å². The number of tetrazole rings is 1. The molecule has 2 rings (SSSR count). The second-order valence-electron chi connectivity index (χ2n) is 3.76. The highest BCUT2D eigenvalue weighted by molar-refractivity contribution is 8.00. The Kier molecular flexibility index (Phi) is 2.92. The van der Waals surface area contributed by atoms with E-state index in [-0.39, 0.29) is 0 Å². The minimum absolute atomic E-state index is 0.354. The molecule has 1 aliphatic rings. The summed E-state index contributed by atoms with van der Waals surface area (Å²) in [6.45, 7) is 0.917. The number of aromatic amines is 1. The van der Waals surface area contributed by atoms with Gasteiger partial charge in [-0.1, -0.05) is 23.2 Å². The van der Waals surface area contributed by atoms with Crippen LogP contribution in [0.5, 0.6) is 0 Å². The summed E-state index contributed by atoms with van der Waals surface area (Å²) in [4.78, 5) is 0. The van der Waals surface area contributed by atoms with Gasteiger partial charge in [-0.2, -0.15) is 17.0 Å². The van der Waals surface area contributed by atoms with Crippen LogP contribution < -0.4 is 0 Å². The fourth-order valence-corrected chi connectivity index (χ4v) is 3.15. The van der Waals surface area contributed by atoms with Gasteiger partial charge in [-0.25, -0.2) is 4.68 Å². The molecule has 0 atom stereocenters. The summed E-state index contributed by atoms with van der Waals surface area (Å²) in [5.41, 5.74) is 0. The first-order valence-corrected chi connectivity index (χ1v) is 6.42. The number of thioether (sulfide) groups is 1. The molecule has 1 saturated carbocycles. The van der Waals surface area contributed by atoms with Crippen molar-refractivity contribution in [2.75, 3.05) is 6.26 Å². The summed E-state index contributed by atoms with van der Waals surface area (Å²) >= 11 is 7.01. The molecule has 0 unspecified atom stereocenters. The average Bonchev–Trinajstić information content (AvgIpc) is 2.79. The minimum Gasteiger partial charge on any atom is -0.241 e. The van der Waals surface area contributed by atoms with Crippen molar-refractivity contribution in [1.29, 1.82) is 0 Å². The highest BCUT2D eigenvalue weighted by Crippen LogP contribution is 2.41. The van der Waals surface area contributed by atoms with Crippen molar-refractivity contribution in [3.05, 3.63) is 4.77 Å². The largest absolute Gasteiger partial charge is 0.241 e. The molecule has 0 amide bonds. The van der Waals surface area contributed by atoms with Crippen LogP contribution in [-0.4, -0.2) is 31.2 Å². The zero-order chi connectivity index (χ0) is 10.0. The van der Waals surface area contributed by atoms with E-state index in [4.69, 9.17) is 12.2 Å². The van der Waals surface area contributed by atoms with Gasteiger partial charge in [-0.15, -0.1) is 0 Å². The highest BCUT2D eigenvalue weighted by Gasteiger charge is 2.33. The van der Waals surface area contributed by atoms with Gasteiger partial charge in [0.25, 0.3) is 0 Å². The van der Waals surface area contributed by atoms with Gasteiger partial charge in [0.15, 0.2) is 0 Å². The maximum atomic E-state index is 5.07. The van der Waals surface area contributed by atoms with E-state index in [2.05, 4.69) is 21.8 Å². The number of nitrogens with one attached hydrogen (secondary N) is 1.